The van der Waals surface area contributed by atoms with Gasteiger partial charge in [-0.2, -0.15) is 5.10 Å². The molecule has 1 unspecified atom stereocenters. The highest BCUT2D eigenvalue weighted by atomic mass is 19.1. The molecule has 0 aliphatic carbocycles. The van der Waals surface area contributed by atoms with Crippen LogP contribution in [0.3, 0.4) is 0 Å². The van der Waals surface area contributed by atoms with Gasteiger partial charge in [0, 0.05) is 22.2 Å². The van der Waals surface area contributed by atoms with Crippen molar-refractivity contribution in [2.75, 3.05) is 0 Å². The van der Waals surface area contributed by atoms with Crippen LogP contribution < -0.4 is 5.32 Å². The maximum atomic E-state index is 13.7. The molecule has 3 rings (SSSR count). The summed E-state index contributed by atoms with van der Waals surface area (Å²) in [6, 6.07) is 11.3. The lowest BCUT2D eigenvalue weighted by atomic mass is 10.1. The molecule has 5 heteroatoms. The largest absolute Gasteiger partial charge is 0.345 e. The number of aryl methyl sites for hydroxylation is 1. The lowest BCUT2D eigenvalue weighted by Crippen LogP contribution is -2.27. The number of H-pyrrole nitrogens is 1. The number of aromatic nitrogens is 2. The molecule has 0 saturated carbocycles. The molecular formula is C17H16FN3O. The Balaban J connectivity index is 1.83. The van der Waals surface area contributed by atoms with E-state index < -0.39 is 6.04 Å². The van der Waals surface area contributed by atoms with E-state index in [1.165, 1.54) is 6.07 Å². The van der Waals surface area contributed by atoms with Crippen molar-refractivity contribution in [3.05, 3.63) is 65.1 Å². The molecule has 0 spiro atoms. The Morgan fingerprint density at radius 1 is 1.27 bits per heavy atom. The van der Waals surface area contributed by atoms with Gasteiger partial charge >= 0.3 is 0 Å². The second-order valence-electron chi connectivity index (χ2n) is 5.30. The lowest BCUT2D eigenvalue weighted by Gasteiger charge is -2.15. The number of rotatable bonds is 3. The van der Waals surface area contributed by atoms with Crippen LogP contribution in [0, 0.1) is 12.7 Å². The first kappa shape index (κ1) is 14.3. The molecule has 3 aromatic rings. The Kier molecular flexibility index (Phi) is 3.63. The molecule has 0 radical (unpaired) electrons. The van der Waals surface area contributed by atoms with Gasteiger partial charge in [-0.05, 0) is 38.1 Å². The highest BCUT2D eigenvalue weighted by Gasteiger charge is 2.15. The number of carbonyl (C=O) groups excluding carboxylic acids is 1. The second kappa shape index (κ2) is 5.60. The molecule has 0 aliphatic heterocycles. The van der Waals surface area contributed by atoms with Gasteiger partial charge in [-0.3, -0.25) is 9.89 Å². The summed E-state index contributed by atoms with van der Waals surface area (Å²) in [7, 11) is 0. The Labute approximate surface area is 127 Å². The van der Waals surface area contributed by atoms with Gasteiger partial charge in [-0.25, -0.2) is 4.39 Å². The Hall–Kier alpha value is -2.69. The molecule has 1 heterocycles. The van der Waals surface area contributed by atoms with Gasteiger partial charge in [0.2, 0.25) is 0 Å². The minimum atomic E-state index is -0.408. The minimum absolute atomic E-state index is 0.238. The molecule has 2 aromatic carbocycles. The number of nitrogens with one attached hydrogen (secondary N) is 2. The molecule has 4 nitrogen and oxygen atoms in total. The highest BCUT2D eigenvalue weighted by molar-refractivity contribution is 5.98. The number of amides is 1. The summed E-state index contributed by atoms with van der Waals surface area (Å²) in [6.07, 6.45) is 0. The molecule has 2 N–H and O–H groups in total. The molecule has 0 bridgehead atoms. The molecule has 0 aliphatic rings. The van der Waals surface area contributed by atoms with Crippen molar-refractivity contribution in [3.63, 3.8) is 0 Å². The maximum absolute atomic E-state index is 13.7. The molecular weight excluding hydrogens is 281 g/mol. The van der Waals surface area contributed by atoms with E-state index in [2.05, 4.69) is 15.5 Å². The zero-order valence-corrected chi connectivity index (χ0v) is 12.4. The summed E-state index contributed by atoms with van der Waals surface area (Å²) < 4.78 is 13.7. The molecule has 112 valence electrons. The SMILES string of the molecule is Cc1[nH]nc2ccc(C(=O)NC(C)c3ccccc3F)cc12. The van der Waals surface area contributed by atoms with E-state index in [-0.39, 0.29) is 11.7 Å². The predicted octanol–water partition coefficient (Wildman–Crippen LogP) is 3.50. The van der Waals surface area contributed by atoms with Crippen LogP contribution in [0.15, 0.2) is 42.5 Å². The van der Waals surface area contributed by atoms with Crippen molar-refractivity contribution in [1.29, 1.82) is 0 Å². The van der Waals surface area contributed by atoms with Crippen LogP contribution in [-0.2, 0) is 0 Å². The first-order valence-corrected chi connectivity index (χ1v) is 7.06. The van der Waals surface area contributed by atoms with Crippen molar-refractivity contribution in [2.45, 2.75) is 19.9 Å². The lowest BCUT2D eigenvalue weighted by molar-refractivity contribution is 0.0939. The van der Waals surface area contributed by atoms with Gasteiger partial charge in [0.1, 0.15) is 5.82 Å². The summed E-state index contributed by atoms with van der Waals surface area (Å²) in [6.45, 7) is 3.66. The quantitative estimate of drug-likeness (QED) is 0.777. The van der Waals surface area contributed by atoms with Crippen molar-refractivity contribution in [3.8, 4) is 0 Å². The molecule has 1 aromatic heterocycles. The van der Waals surface area contributed by atoms with E-state index >= 15 is 0 Å². The van der Waals surface area contributed by atoms with E-state index in [1.54, 1.807) is 43.3 Å². The van der Waals surface area contributed by atoms with E-state index in [9.17, 15) is 9.18 Å². The third-order valence-electron chi connectivity index (χ3n) is 3.73. The number of hydrogen-bond acceptors (Lipinski definition) is 2. The van der Waals surface area contributed by atoms with Crippen LogP contribution in [0.5, 0.6) is 0 Å². The third kappa shape index (κ3) is 2.57. The van der Waals surface area contributed by atoms with E-state index in [1.807, 2.05) is 6.92 Å². The molecule has 0 fully saturated rings. The first-order valence-electron chi connectivity index (χ1n) is 7.06. The van der Waals surface area contributed by atoms with Crippen LogP contribution >= 0.6 is 0 Å². The van der Waals surface area contributed by atoms with Gasteiger partial charge in [-0.1, -0.05) is 18.2 Å². The summed E-state index contributed by atoms with van der Waals surface area (Å²) in [5.74, 6) is -0.560. The monoisotopic (exact) mass is 297 g/mol. The van der Waals surface area contributed by atoms with Crippen molar-refractivity contribution in [1.82, 2.24) is 15.5 Å². The molecule has 1 amide bonds. The Morgan fingerprint density at radius 3 is 2.82 bits per heavy atom. The number of aromatic amines is 1. The van der Waals surface area contributed by atoms with Gasteiger partial charge in [0.05, 0.1) is 11.6 Å². The van der Waals surface area contributed by atoms with Crippen molar-refractivity contribution in [2.24, 2.45) is 0 Å². The smallest absolute Gasteiger partial charge is 0.251 e. The number of carbonyl (C=O) groups is 1. The molecule has 22 heavy (non-hydrogen) atoms. The molecule has 1 atom stereocenters. The summed E-state index contributed by atoms with van der Waals surface area (Å²) in [5.41, 5.74) is 2.72. The van der Waals surface area contributed by atoms with Crippen LogP contribution in [0.4, 0.5) is 4.39 Å². The summed E-state index contributed by atoms with van der Waals surface area (Å²) in [5, 5.41) is 10.7. The van der Waals surface area contributed by atoms with Crippen LogP contribution in [-0.4, -0.2) is 16.1 Å². The number of halogens is 1. The standard InChI is InChI=1S/C17H16FN3O/c1-10(13-5-3-4-6-15(13)18)19-17(22)12-7-8-16-14(9-12)11(2)20-21-16/h3-10H,1-2H3,(H,19,22)(H,20,21). The summed E-state index contributed by atoms with van der Waals surface area (Å²) in [4.78, 5) is 12.4. The van der Waals surface area contributed by atoms with E-state index in [0.29, 0.717) is 11.1 Å². The van der Waals surface area contributed by atoms with Crippen molar-refractivity contribution < 1.29 is 9.18 Å². The van der Waals surface area contributed by atoms with Gasteiger partial charge in [0.25, 0.3) is 5.91 Å². The first-order chi connectivity index (χ1) is 10.6. The fourth-order valence-corrected chi connectivity index (χ4v) is 2.46. The summed E-state index contributed by atoms with van der Waals surface area (Å²) >= 11 is 0. The highest BCUT2D eigenvalue weighted by Crippen LogP contribution is 2.19. The van der Waals surface area contributed by atoms with Crippen LogP contribution in [0.2, 0.25) is 0 Å². The van der Waals surface area contributed by atoms with Gasteiger partial charge in [-0.15, -0.1) is 0 Å². The normalized spacial score (nSPS) is 12.3. The zero-order chi connectivity index (χ0) is 15.7. The van der Waals surface area contributed by atoms with E-state index in [4.69, 9.17) is 0 Å². The number of hydrogen-bond donors (Lipinski definition) is 2. The zero-order valence-electron chi connectivity index (χ0n) is 12.4. The third-order valence-corrected chi connectivity index (χ3v) is 3.73. The fourth-order valence-electron chi connectivity index (χ4n) is 2.46. The maximum Gasteiger partial charge on any atom is 0.251 e. The number of benzene rings is 2. The van der Waals surface area contributed by atoms with E-state index in [0.717, 1.165) is 16.6 Å². The van der Waals surface area contributed by atoms with Crippen molar-refractivity contribution >= 4 is 16.8 Å². The van der Waals surface area contributed by atoms with Crippen LogP contribution in [0.25, 0.3) is 10.9 Å². The Morgan fingerprint density at radius 2 is 2.05 bits per heavy atom. The van der Waals surface area contributed by atoms with Gasteiger partial charge < -0.3 is 5.32 Å². The molecule has 0 saturated heterocycles. The van der Waals surface area contributed by atoms with Gasteiger partial charge in [0.15, 0.2) is 0 Å². The average Bonchev–Trinajstić information content (AvgIpc) is 2.88. The average molecular weight is 297 g/mol. The minimum Gasteiger partial charge on any atom is -0.345 e. The predicted molar refractivity (Wildman–Crippen MR) is 83.1 cm³/mol. The number of fused-ring (bicyclic) bond motifs is 1. The van der Waals surface area contributed by atoms with Crippen LogP contribution in [0.1, 0.15) is 34.6 Å². The second-order valence-corrected chi connectivity index (χ2v) is 5.30. The fraction of sp³-hybridized carbons (Fsp3) is 0.176. The number of nitrogens with zero attached hydrogens (tertiary/aromatic N) is 1. The topological polar surface area (TPSA) is 57.8 Å². The Bertz CT molecular complexity index is 841.